The Morgan fingerprint density at radius 2 is 1.61 bits per heavy atom. The zero-order valence-corrected chi connectivity index (χ0v) is 18.7. The topological polar surface area (TPSA) is 58.6 Å². The number of Topliss-reactive ketones (excluding diaryl/α,β-unsaturated/α-hetero) is 1. The molecule has 166 valence electrons. The van der Waals surface area contributed by atoms with E-state index in [0.29, 0.717) is 18.7 Å². The van der Waals surface area contributed by atoms with Crippen LogP contribution in [-0.2, 0) is 17.9 Å². The highest BCUT2D eigenvalue weighted by molar-refractivity contribution is 5.98. The number of hydrogen-bond donors (Lipinski definition) is 1. The molecule has 0 spiro atoms. The van der Waals surface area contributed by atoms with Gasteiger partial charge in [-0.3, -0.25) is 14.5 Å². The summed E-state index contributed by atoms with van der Waals surface area (Å²) in [6.45, 7) is 8.67. The lowest BCUT2D eigenvalue weighted by Crippen LogP contribution is -2.32. The van der Waals surface area contributed by atoms with E-state index < -0.39 is 0 Å². The third-order valence-corrected chi connectivity index (χ3v) is 5.86. The van der Waals surface area contributed by atoms with E-state index in [1.54, 1.807) is 24.3 Å². The predicted molar refractivity (Wildman–Crippen MR) is 123 cm³/mol. The number of nitrogens with zero attached hydrogens (tertiary/aromatic N) is 1. The van der Waals surface area contributed by atoms with Crippen LogP contribution in [0.5, 0.6) is 5.75 Å². The maximum Gasteiger partial charge on any atom is 0.220 e. The van der Waals surface area contributed by atoms with Crippen molar-refractivity contribution < 1.29 is 14.3 Å². The minimum atomic E-state index is -0.106. The van der Waals surface area contributed by atoms with E-state index in [1.807, 2.05) is 6.92 Å². The Morgan fingerprint density at radius 1 is 0.968 bits per heavy atom. The lowest BCUT2D eigenvalue weighted by atomic mass is 9.99. The van der Waals surface area contributed by atoms with Gasteiger partial charge in [-0.25, -0.2) is 0 Å². The van der Waals surface area contributed by atoms with Crippen LogP contribution in [0, 0.1) is 5.92 Å². The second-order valence-electron chi connectivity index (χ2n) is 8.43. The number of ether oxygens (including phenoxy) is 1. The molecule has 1 N–H and O–H groups in total. The quantitative estimate of drug-likeness (QED) is 0.569. The Balaban J connectivity index is 1.37. The van der Waals surface area contributed by atoms with Crippen molar-refractivity contribution in [3.63, 3.8) is 0 Å². The van der Waals surface area contributed by atoms with Crippen LogP contribution in [0.25, 0.3) is 0 Å². The summed E-state index contributed by atoms with van der Waals surface area (Å²) in [4.78, 5) is 27.0. The van der Waals surface area contributed by atoms with Crippen LogP contribution in [0.1, 0.15) is 61.0 Å². The molecule has 1 saturated heterocycles. The minimum absolute atomic E-state index is 0.0327. The van der Waals surface area contributed by atoms with E-state index in [9.17, 15) is 9.59 Å². The van der Waals surface area contributed by atoms with E-state index in [2.05, 4.69) is 41.4 Å². The van der Waals surface area contributed by atoms with Gasteiger partial charge in [0, 0.05) is 31.5 Å². The molecule has 5 nitrogen and oxygen atoms in total. The van der Waals surface area contributed by atoms with Crippen LogP contribution in [0.15, 0.2) is 48.5 Å². The molecule has 1 aliphatic rings. The molecule has 3 rings (SSSR count). The molecule has 1 amide bonds. The third-order valence-electron chi connectivity index (χ3n) is 5.86. The molecule has 0 aliphatic carbocycles. The Labute approximate surface area is 185 Å². The van der Waals surface area contributed by atoms with E-state index in [-0.39, 0.29) is 24.5 Å². The fraction of sp³-hybridized carbons (Fsp3) is 0.462. The van der Waals surface area contributed by atoms with Crippen LogP contribution < -0.4 is 10.1 Å². The summed E-state index contributed by atoms with van der Waals surface area (Å²) in [5.74, 6) is 1.45. The van der Waals surface area contributed by atoms with Crippen molar-refractivity contribution in [3.05, 3.63) is 65.2 Å². The van der Waals surface area contributed by atoms with Gasteiger partial charge in [-0.15, -0.1) is 0 Å². The number of carbonyl (C=O) groups excluding carboxylic acids is 2. The highest BCUT2D eigenvalue weighted by Gasteiger charge is 2.15. The lowest BCUT2D eigenvalue weighted by molar-refractivity contribution is -0.121. The molecule has 1 heterocycles. The molecule has 1 fully saturated rings. The molecule has 0 aromatic heterocycles. The molecule has 31 heavy (non-hydrogen) atoms. The first-order valence-electron chi connectivity index (χ1n) is 11.4. The Morgan fingerprint density at radius 3 is 2.26 bits per heavy atom. The molecule has 0 saturated carbocycles. The van der Waals surface area contributed by atoms with Crippen molar-refractivity contribution in [2.75, 3.05) is 19.7 Å². The summed E-state index contributed by atoms with van der Waals surface area (Å²) in [6, 6.07) is 15.5. The summed E-state index contributed by atoms with van der Waals surface area (Å²) in [7, 11) is 0. The SMILES string of the molecule is CCOc1ccc(C(=O)CCC(=O)NCc2ccc(CN3CCC(C)CC3)cc2)cc1. The highest BCUT2D eigenvalue weighted by atomic mass is 16.5. The van der Waals surface area contributed by atoms with Crippen LogP contribution in [0.4, 0.5) is 0 Å². The number of benzene rings is 2. The summed E-state index contributed by atoms with van der Waals surface area (Å²) in [6.07, 6.45) is 2.96. The first-order valence-corrected chi connectivity index (χ1v) is 11.4. The van der Waals surface area contributed by atoms with Gasteiger partial charge < -0.3 is 10.1 Å². The van der Waals surface area contributed by atoms with Gasteiger partial charge in [-0.1, -0.05) is 31.2 Å². The van der Waals surface area contributed by atoms with Crippen LogP contribution in [0.3, 0.4) is 0 Å². The number of carbonyl (C=O) groups is 2. The van der Waals surface area contributed by atoms with Gasteiger partial charge in [0.25, 0.3) is 0 Å². The summed E-state index contributed by atoms with van der Waals surface area (Å²) in [5.41, 5.74) is 2.99. The molecule has 0 atom stereocenters. The average Bonchev–Trinajstić information content (AvgIpc) is 2.79. The van der Waals surface area contributed by atoms with Crippen LogP contribution in [-0.4, -0.2) is 36.3 Å². The Hall–Kier alpha value is -2.66. The molecule has 1 aliphatic heterocycles. The molecule has 0 radical (unpaired) electrons. The number of amides is 1. The molecular weight excluding hydrogens is 388 g/mol. The van der Waals surface area contributed by atoms with Gasteiger partial charge in [-0.2, -0.15) is 0 Å². The normalized spacial score (nSPS) is 14.9. The zero-order chi connectivity index (χ0) is 22.1. The summed E-state index contributed by atoms with van der Waals surface area (Å²) < 4.78 is 5.38. The van der Waals surface area contributed by atoms with Gasteiger partial charge in [0.1, 0.15) is 5.75 Å². The van der Waals surface area contributed by atoms with Crippen molar-refractivity contribution in [1.29, 1.82) is 0 Å². The zero-order valence-electron chi connectivity index (χ0n) is 18.7. The predicted octanol–water partition coefficient (Wildman–Crippen LogP) is 4.60. The van der Waals surface area contributed by atoms with Gasteiger partial charge in [0.15, 0.2) is 5.78 Å². The second kappa shape index (κ2) is 11.7. The number of likely N-dealkylation sites (tertiary alicyclic amines) is 1. The molecule has 0 unspecified atom stereocenters. The van der Waals surface area contributed by atoms with Crippen molar-refractivity contribution >= 4 is 11.7 Å². The minimum Gasteiger partial charge on any atom is -0.494 e. The lowest BCUT2D eigenvalue weighted by Gasteiger charge is -2.30. The van der Waals surface area contributed by atoms with Crippen molar-refractivity contribution in [3.8, 4) is 5.75 Å². The van der Waals surface area contributed by atoms with Crippen molar-refractivity contribution in [2.45, 2.75) is 52.6 Å². The monoisotopic (exact) mass is 422 g/mol. The van der Waals surface area contributed by atoms with Gasteiger partial charge >= 0.3 is 0 Å². The Bertz CT molecular complexity index is 838. The molecule has 5 heteroatoms. The first kappa shape index (κ1) is 23.0. The standard InChI is InChI=1S/C26H34N2O3/c1-3-31-24-10-8-23(9-11-24)25(29)12-13-26(30)27-18-21-4-6-22(7-5-21)19-28-16-14-20(2)15-17-28/h4-11,20H,3,12-19H2,1-2H3,(H,27,30). The van der Waals surface area contributed by atoms with Crippen LogP contribution >= 0.6 is 0 Å². The first-order chi connectivity index (χ1) is 15.0. The number of nitrogens with one attached hydrogen (secondary N) is 1. The molecule has 2 aromatic rings. The maximum atomic E-state index is 12.3. The van der Waals surface area contributed by atoms with E-state index >= 15 is 0 Å². The Kier molecular flexibility index (Phi) is 8.65. The summed E-state index contributed by atoms with van der Waals surface area (Å²) in [5, 5.41) is 2.92. The second-order valence-corrected chi connectivity index (χ2v) is 8.43. The van der Waals surface area contributed by atoms with Crippen LogP contribution in [0.2, 0.25) is 0 Å². The number of piperidine rings is 1. The van der Waals surface area contributed by atoms with E-state index in [4.69, 9.17) is 4.74 Å². The fourth-order valence-electron chi connectivity index (χ4n) is 3.81. The number of rotatable bonds is 10. The van der Waals surface area contributed by atoms with Gasteiger partial charge in [0.05, 0.1) is 6.61 Å². The highest BCUT2D eigenvalue weighted by Crippen LogP contribution is 2.18. The third kappa shape index (κ3) is 7.51. The van der Waals surface area contributed by atoms with E-state index in [1.165, 1.54) is 31.5 Å². The van der Waals surface area contributed by atoms with Gasteiger partial charge in [-0.05, 0) is 74.2 Å². The van der Waals surface area contributed by atoms with Crippen molar-refractivity contribution in [2.24, 2.45) is 5.92 Å². The fourth-order valence-corrected chi connectivity index (χ4v) is 3.81. The van der Waals surface area contributed by atoms with E-state index in [0.717, 1.165) is 23.8 Å². The van der Waals surface area contributed by atoms with Crippen molar-refractivity contribution in [1.82, 2.24) is 10.2 Å². The maximum absolute atomic E-state index is 12.3. The number of hydrogen-bond acceptors (Lipinski definition) is 4. The molecule has 2 aromatic carbocycles. The number of ketones is 1. The smallest absolute Gasteiger partial charge is 0.220 e. The largest absolute Gasteiger partial charge is 0.494 e. The summed E-state index contributed by atoms with van der Waals surface area (Å²) >= 11 is 0. The molecule has 0 bridgehead atoms. The average molecular weight is 423 g/mol. The van der Waals surface area contributed by atoms with Gasteiger partial charge in [0.2, 0.25) is 5.91 Å². The molecular formula is C26H34N2O3.